The number of anilines is 1. The summed E-state index contributed by atoms with van der Waals surface area (Å²) in [6, 6.07) is 3.95. The van der Waals surface area contributed by atoms with Crippen LogP contribution in [0.25, 0.3) is 0 Å². The van der Waals surface area contributed by atoms with E-state index in [1.54, 1.807) is 11.1 Å². The zero-order valence-electron chi connectivity index (χ0n) is 18.1. The van der Waals surface area contributed by atoms with Crippen LogP contribution in [0.5, 0.6) is 11.5 Å². The van der Waals surface area contributed by atoms with E-state index in [2.05, 4.69) is 21.8 Å². The third-order valence-corrected chi connectivity index (χ3v) is 5.63. The van der Waals surface area contributed by atoms with Gasteiger partial charge in [0.05, 0.1) is 11.8 Å². The number of ether oxygens (including phenoxy) is 1. The van der Waals surface area contributed by atoms with E-state index in [0.717, 1.165) is 19.5 Å². The molecule has 0 spiro atoms. The molecule has 30 heavy (non-hydrogen) atoms. The predicted molar refractivity (Wildman–Crippen MR) is 114 cm³/mol. The first-order chi connectivity index (χ1) is 14.3. The van der Waals surface area contributed by atoms with Crippen LogP contribution in [0.1, 0.15) is 44.5 Å². The number of aromatic nitrogens is 2. The van der Waals surface area contributed by atoms with Crippen molar-refractivity contribution < 1.29 is 13.9 Å². The van der Waals surface area contributed by atoms with Gasteiger partial charge >= 0.3 is 0 Å². The minimum absolute atomic E-state index is 0.0120. The second-order valence-corrected chi connectivity index (χ2v) is 8.32. The van der Waals surface area contributed by atoms with Crippen molar-refractivity contribution in [3.63, 3.8) is 0 Å². The van der Waals surface area contributed by atoms with Crippen molar-refractivity contribution in [1.82, 2.24) is 14.9 Å². The summed E-state index contributed by atoms with van der Waals surface area (Å²) in [5.41, 5.74) is 6.12. The molecule has 3 rings (SSSR count). The second-order valence-electron chi connectivity index (χ2n) is 8.32. The highest BCUT2D eigenvalue weighted by Gasteiger charge is 2.34. The van der Waals surface area contributed by atoms with Gasteiger partial charge in [-0.15, -0.1) is 0 Å². The van der Waals surface area contributed by atoms with Crippen LogP contribution in [0.15, 0.2) is 30.7 Å². The molecular weight excluding hydrogens is 385 g/mol. The molecule has 2 N–H and O–H groups in total. The normalized spacial score (nSPS) is 18.7. The van der Waals surface area contributed by atoms with Gasteiger partial charge in [-0.05, 0) is 57.4 Å². The molecule has 0 saturated carbocycles. The Morgan fingerprint density at radius 2 is 2.17 bits per heavy atom. The molecule has 2 aromatic rings. The Morgan fingerprint density at radius 1 is 1.40 bits per heavy atom. The van der Waals surface area contributed by atoms with Crippen molar-refractivity contribution in [2.45, 2.75) is 40.2 Å². The van der Waals surface area contributed by atoms with E-state index in [-0.39, 0.29) is 28.7 Å². The summed E-state index contributed by atoms with van der Waals surface area (Å²) in [6.07, 6.45) is 3.99. The number of benzene rings is 1. The van der Waals surface area contributed by atoms with Crippen LogP contribution in [-0.2, 0) is 0 Å². The lowest BCUT2D eigenvalue weighted by Gasteiger charge is -2.26. The molecule has 1 aliphatic rings. The third kappa shape index (κ3) is 4.53. The highest BCUT2D eigenvalue weighted by molar-refractivity contribution is 5.97. The molecule has 1 atom stereocenters. The molecule has 1 amide bonds. The molecule has 162 valence electrons. The Kier molecular flexibility index (Phi) is 6.55. The van der Waals surface area contributed by atoms with E-state index in [4.69, 9.17) is 10.5 Å². The summed E-state index contributed by atoms with van der Waals surface area (Å²) in [4.78, 5) is 25.3. The number of halogens is 1. The number of nitrogens with two attached hydrogens (primary N) is 1. The average molecular weight is 416 g/mol. The maximum atomic E-state index is 14.0. The Hall–Kier alpha value is -2.74. The van der Waals surface area contributed by atoms with Gasteiger partial charge < -0.3 is 20.3 Å². The second kappa shape index (κ2) is 8.95. The van der Waals surface area contributed by atoms with Gasteiger partial charge in [0, 0.05) is 25.7 Å². The first kappa shape index (κ1) is 22.0. The zero-order chi connectivity index (χ0) is 21.9. The maximum Gasteiger partial charge on any atom is 0.257 e. The van der Waals surface area contributed by atoms with Crippen LogP contribution in [0.4, 0.5) is 10.2 Å². The molecule has 7 nitrogen and oxygen atoms in total. The van der Waals surface area contributed by atoms with Crippen molar-refractivity contribution in [2.24, 2.45) is 11.1 Å². The topological polar surface area (TPSA) is 84.6 Å². The molecule has 8 heteroatoms. The quantitative estimate of drug-likeness (QED) is 0.746. The van der Waals surface area contributed by atoms with Gasteiger partial charge in [0.15, 0.2) is 11.6 Å². The smallest absolute Gasteiger partial charge is 0.257 e. The number of amides is 1. The molecule has 0 radical (unpaired) electrons. The van der Waals surface area contributed by atoms with E-state index >= 15 is 0 Å². The van der Waals surface area contributed by atoms with Crippen LogP contribution in [0, 0.1) is 11.2 Å². The minimum atomic E-state index is -0.492. The summed E-state index contributed by atoms with van der Waals surface area (Å²) in [7, 11) is 0. The highest BCUT2D eigenvalue weighted by Crippen LogP contribution is 2.37. The number of carbonyl (C=O) groups is 1. The number of hydrogen-bond donors (Lipinski definition) is 1. The summed E-state index contributed by atoms with van der Waals surface area (Å²) in [5, 5.41) is 0. The molecular formula is C22H30FN5O2. The fraction of sp³-hybridized carbons (Fsp3) is 0.500. The lowest BCUT2D eigenvalue weighted by atomic mass is 9.90. The third-order valence-electron chi connectivity index (χ3n) is 5.63. The van der Waals surface area contributed by atoms with E-state index in [1.165, 1.54) is 24.5 Å². The van der Waals surface area contributed by atoms with E-state index in [1.807, 2.05) is 20.8 Å². The monoisotopic (exact) mass is 415 g/mol. The Balaban J connectivity index is 1.94. The molecule has 2 heterocycles. The molecule has 1 saturated heterocycles. The predicted octanol–water partition coefficient (Wildman–Crippen LogP) is 3.45. The average Bonchev–Trinajstić information content (AvgIpc) is 3.12. The first-order valence-corrected chi connectivity index (χ1v) is 10.3. The van der Waals surface area contributed by atoms with Crippen molar-refractivity contribution in [2.75, 3.05) is 31.1 Å². The SMILES string of the molecule is CCN(C(=O)c1cc(F)ccc1Oc1cncnc1N1CC[C@](C)(CN)C1)C(C)C. The number of rotatable bonds is 7. The van der Waals surface area contributed by atoms with Crippen LogP contribution in [0.3, 0.4) is 0 Å². The van der Waals surface area contributed by atoms with E-state index in [9.17, 15) is 9.18 Å². The Bertz CT molecular complexity index is 907. The maximum absolute atomic E-state index is 14.0. The highest BCUT2D eigenvalue weighted by atomic mass is 19.1. The minimum Gasteiger partial charge on any atom is -0.451 e. The first-order valence-electron chi connectivity index (χ1n) is 10.3. The van der Waals surface area contributed by atoms with E-state index < -0.39 is 5.82 Å². The van der Waals surface area contributed by atoms with Crippen LogP contribution < -0.4 is 15.4 Å². The molecule has 0 bridgehead atoms. The van der Waals surface area contributed by atoms with E-state index in [0.29, 0.717) is 24.7 Å². The molecule has 1 aromatic heterocycles. The molecule has 1 aromatic carbocycles. The van der Waals surface area contributed by atoms with Gasteiger partial charge in [0.25, 0.3) is 5.91 Å². The van der Waals surface area contributed by atoms with Crippen LogP contribution in [-0.4, -0.2) is 53.0 Å². The van der Waals surface area contributed by atoms with Crippen LogP contribution in [0.2, 0.25) is 0 Å². The Labute approximate surface area is 177 Å². The lowest BCUT2D eigenvalue weighted by Crippen LogP contribution is -2.36. The fourth-order valence-corrected chi connectivity index (χ4v) is 3.77. The number of carbonyl (C=O) groups excluding carboxylic acids is 1. The van der Waals surface area contributed by atoms with Crippen molar-refractivity contribution in [3.05, 3.63) is 42.1 Å². The van der Waals surface area contributed by atoms with Gasteiger partial charge in [0.2, 0.25) is 0 Å². The summed E-state index contributed by atoms with van der Waals surface area (Å²) >= 11 is 0. The largest absolute Gasteiger partial charge is 0.451 e. The Morgan fingerprint density at radius 3 is 2.80 bits per heavy atom. The standard InChI is InChI=1S/C22H30FN5O2/c1-5-28(15(2)3)21(29)17-10-16(23)6-7-18(17)30-19-11-25-14-26-20(19)27-9-8-22(4,12-24)13-27/h6-7,10-11,14-15H,5,8-9,12-13,24H2,1-4H3/t22-/m1/s1. The molecule has 1 fully saturated rings. The summed E-state index contributed by atoms with van der Waals surface area (Å²) in [6.45, 7) is 10.5. The van der Waals surface area contributed by atoms with Gasteiger partial charge in [0.1, 0.15) is 17.9 Å². The van der Waals surface area contributed by atoms with Crippen LogP contribution >= 0.6 is 0 Å². The molecule has 1 aliphatic heterocycles. The summed E-state index contributed by atoms with van der Waals surface area (Å²) in [5.74, 6) is 0.566. The van der Waals surface area contributed by atoms with Crippen molar-refractivity contribution >= 4 is 11.7 Å². The zero-order valence-corrected chi connectivity index (χ0v) is 18.1. The lowest BCUT2D eigenvalue weighted by molar-refractivity contribution is 0.0713. The molecule has 0 unspecified atom stereocenters. The van der Waals surface area contributed by atoms with Crippen molar-refractivity contribution in [1.29, 1.82) is 0 Å². The number of hydrogen-bond acceptors (Lipinski definition) is 6. The number of nitrogens with zero attached hydrogens (tertiary/aromatic N) is 4. The van der Waals surface area contributed by atoms with Gasteiger partial charge in [-0.1, -0.05) is 6.92 Å². The fourth-order valence-electron chi connectivity index (χ4n) is 3.77. The van der Waals surface area contributed by atoms with Gasteiger partial charge in [-0.25, -0.2) is 14.4 Å². The van der Waals surface area contributed by atoms with Gasteiger partial charge in [-0.2, -0.15) is 0 Å². The van der Waals surface area contributed by atoms with Crippen molar-refractivity contribution in [3.8, 4) is 11.5 Å². The molecule has 0 aliphatic carbocycles. The van der Waals surface area contributed by atoms with Gasteiger partial charge in [-0.3, -0.25) is 4.79 Å². The summed E-state index contributed by atoms with van der Waals surface area (Å²) < 4.78 is 20.1.